The van der Waals surface area contributed by atoms with E-state index in [1.807, 2.05) is 30.3 Å². The Labute approximate surface area is 140 Å². The Morgan fingerprint density at radius 2 is 2.08 bits per heavy atom. The fraction of sp³-hybridized carbons (Fsp3) is 0.316. The van der Waals surface area contributed by atoms with Gasteiger partial charge in [0.25, 0.3) is 0 Å². The number of para-hydroxylation sites is 1. The third-order valence-electron chi connectivity index (χ3n) is 4.62. The van der Waals surface area contributed by atoms with E-state index in [9.17, 15) is 4.39 Å². The van der Waals surface area contributed by atoms with Crippen LogP contribution in [0, 0.1) is 5.82 Å². The number of aliphatic imine (C=N–C) groups is 1. The van der Waals surface area contributed by atoms with Crippen LogP contribution >= 0.6 is 0 Å². The number of ether oxygens (including phenoxy) is 1. The molecule has 4 rings (SSSR count). The Morgan fingerprint density at radius 1 is 1.21 bits per heavy atom. The molecule has 2 aromatic rings. The first kappa shape index (κ1) is 15.0. The summed E-state index contributed by atoms with van der Waals surface area (Å²) in [6.07, 6.45) is 1.77. The van der Waals surface area contributed by atoms with Gasteiger partial charge in [0.05, 0.1) is 12.6 Å². The molecule has 0 radical (unpaired) electrons. The number of fused-ring (bicyclic) bond motifs is 1. The summed E-state index contributed by atoms with van der Waals surface area (Å²) in [5.41, 5.74) is 8.18. The number of nitrogens with zero attached hydrogens (tertiary/aromatic N) is 1. The summed E-state index contributed by atoms with van der Waals surface area (Å²) in [5, 5.41) is 3.26. The van der Waals surface area contributed by atoms with Crippen LogP contribution in [0.4, 0.5) is 4.39 Å². The number of rotatable bonds is 3. The Morgan fingerprint density at radius 3 is 2.96 bits per heavy atom. The fourth-order valence-corrected chi connectivity index (χ4v) is 3.31. The fourth-order valence-electron chi connectivity index (χ4n) is 3.31. The van der Waals surface area contributed by atoms with Crippen molar-refractivity contribution in [2.45, 2.75) is 30.8 Å². The zero-order valence-electron chi connectivity index (χ0n) is 13.3. The van der Waals surface area contributed by atoms with Crippen LogP contribution in [0.1, 0.15) is 35.9 Å². The number of guanidine groups is 1. The highest BCUT2D eigenvalue weighted by atomic mass is 19.1. The van der Waals surface area contributed by atoms with Crippen molar-refractivity contribution in [2.24, 2.45) is 10.7 Å². The minimum Gasteiger partial charge on any atom is -0.493 e. The van der Waals surface area contributed by atoms with E-state index < -0.39 is 0 Å². The number of nitrogens with one attached hydrogen (secondary N) is 1. The Hall–Kier alpha value is -2.56. The first-order valence-electron chi connectivity index (χ1n) is 8.28. The van der Waals surface area contributed by atoms with E-state index in [2.05, 4.69) is 10.3 Å². The lowest BCUT2D eigenvalue weighted by Crippen LogP contribution is -2.35. The molecule has 0 saturated heterocycles. The highest BCUT2D eigenvalue weighted by Gasteiger charge is 2.39. The average Bonchev–Trinajstić information content (AvgIpc) is 3.34. The average molecular weight is 325 g/mol. The predicted octanol–water partition coefficient (Wildman–Crippen LogP) is 3.11. The highest BCUT2D eigenvalue weighted by Crippen LogP contribution is 2.41. The standard InChI is InChI=1S/C19H20FN3O/c20-13-5-3-4-12(10-13)15-11-17(15)23-19(21)22-16-8-9-24-18-7-2-1-6-14(16)18/h1-7,10,15-17H,8-9,11H2,(H3,21,22,23)/t15-,16?,17+/m0/s1. The third-order valence-corrected chi connectivity index (χ3v) is 4.62. The molecule has 1 saturated carbocycles. The first-order chi connectivity index (χ1) is 11.7. The Bertz CT molecular complexity index is 777. The summed E-state index contributed by atoms with van der Waals surface area (Å²) < 4.78 is 19.0. The summed E-state index contributed by atoms with van der Waals surface area (Å²) in [6, 6.07) is 14.9. The third kappa shape index (κ3) is 3.07. The molecule has 1 unspecified atom stereocenters. The van der Waals surface area contributed by atoms with Gasteiger partial charge in [0.2, 0.25) is 0 Å². The van der Waals surface area contributed by atoms with Gasteiger partial charge < -0.3 is 15.8 Å². The lowest BCUT2D eigenvalue weighted by molar-refractivity contribution is 0.269. The van der Waals surface area contributed by atoms with E-state index in [0.717, 1.165) is 29.7 Å². The van der Waals surface area contributed by atoms with Crippen LogP contribution in [0.25, 0.3) is 0 Å². The lowest BCUT2D eigenvalue weighted by Gasteiger charge is -2.23. The van der Waals surface area contributed by atoms with Crippen LogP contribution in [-0.4, -0.2) is 18.6 Å². The van der Waals surface area contributed by atoms with Crippen molar-refractivity contribution >= 4 is 5.96 Å². The van der Waals surface area contributed by atoms with Crippen LogP contribution in [0.3, 0.4) is 0 Å². The molecular formula is C19H20FN3O. The monoisotopic (exact) mass is 325 g/mol. The van der Waals surface area contributed by atoms with Crippen LogP contribution in [-0.2, 0) is 0 Å². The molecule has 124 valence electrons. The molecule has 0 bridgehead atoms. The minimum absolute atomic E-state index is 0.0221. The molecule has 24 heavy (non-hydrogen) atoms. The Balaban J connectivity index is 1.43. The maximum absolute atomic E-state index is 13.3. The molecule has 2 aliphatic rings. The van der Waals surface area contributed by atoms with Gasteiger partial charge in [-0.05, 0) is 30.2 Å². The second-order valence-corrected chi connectivity index (χ2v) is 6.35. The second-order valence-electron chi connectivity index (χ2n) is 6.35. The predicted molar refractivity (Wildman–Crippen MR) is 91.6 cm³/mol. The van der Waals surface area contributed by atoms with Crippen molar-refractivity contribution in [3.63, 3.8) is 0 Å². The summed E-state index contributed by atoms with van der Waals surface area (Å²) >= 11 is 0. The summed E-state index contributed by atoms with van der Waals surface area (Å²) in [5.74, 6) is 1.44. The van der Waals surface area contributed by atoms with Gasteiger partial charge in [-0.3, -0.25) is 0 Å². The molecule has 1 fully saturated rings. The van der Waals surface area contributed by atoms with E-state index in [1.165, 1.54) is 6.07 Å². The van der Waals surface area contributed by atoms with Crippen LogP contribution < -0.4 is 15.8 Å². The zero-order chi connectivity index (χ0) is 16.5. The van der Waals surface area contributed by atoms with Crippen LogP contribution in [0.2, 0.25) is 0 Å². The van der Waals surface area contributed by atoms with Crippen molar-refractivity contribution in [2.75, 3.05) is 6.61 Å². The molecule has 1 heterocycles. The van der Waals surface area contributed by atoms with Gasteiger partial charge >= 0.3 is 0 Å². The number of hydrogen-bond acceptors (Lipinski definition) is 2. The van der Waals surface area contributed by atoms with Crippen LogP contribution in [0.15, 0.2) is 53.5 Å². The van der Waals surface area contributed by atoms with Crippen molar-refractivity contribution in [1.82, 2.24) is 5.32 Å². The molecule has 0 aromatic heterocycles. The molecule has 5 heteroatoms. The van der Waals surface area contributed by atoms with E-state index in [4.69, 9.17) is 10.5 Å². The van der Waals surface area contributed by atoms with Gasteiger partial charge in [-0.25, -0.2) is 9.38 Å². The van der Waals surface area contributed by atoms with Crippen molar-refractivity contribution in [3.8, 4) is 5.75 Å². The normalized spacial score (nSPS) is 25.5. The number of benzene rings is 2. The number of nitrogens with two attached hydrogens (primary N) is 1. The molecule has 1 aliphatic carbocycles. The van der Waals surface area contributed by atoms with Gasteiger partial charge in [-0.15, -0.1) is 0 Å². The molecule has 0 amide bonds. The Kier molecular flexibility index (Phi) is 3.84. The van der Waals surface area contributed by atoms with Crippen LogP contribution in [0.5, 0.6) is 5.75 Å². The first-order valence-corrected chi connectivity index (χ1v) is 8.28. The molecule has 2 aromatic carbocycles. The molecule has 4 nitrogen and oxygen atoms in total. The minimum atomic E-state index is -0.196. The maximum Gasteiger partial charge on any atom is 0.189 e. The smallest absolute Gasteiger partial charge is 0.189 e. The summed E-state index contributed by atoms with van der Waals surface area (Å²) in [7, 11) is 0. The molecule has 3 atom stereocenters. The van der Waals surface area contributed by atoms with Gasteiger partial charge in [0.1, 0.15) is 11.6 Å². The van der Waals surface area contributed by atoms with Gasteiger partial charge in [-0.2, -0.15) is 0 Å². The SMILES string of the molecule is NC(=NC1CCOc2ccccc21)N[C@@H]1C[C@H]1c1cccc(F)c1. The van der Waals surface area contributed by atoms with E-state index in [1.54, 1.807) is 12.1 Å². The molecule has 0 spiro atoms. The summed E-state index contributed by atoms with van der Waals surface area (Å²) in [6.45, 7) is 0.647. The van der Waals surface area contributed by atoms with Crippen molar-refractivity contribution in [1.29, 1.82) is 0 Å². The maximum atomic E-state index is 13.3. The van der Waals surface area contributed by atoms with E-state index in [-0.39, 0.29) is 17.9 Å². The quantitative estimate of drug-likeness (QED) is 0.673. The van der Waals surface area contributed by atoms with Crippen molar-refractivity contribution in [3.05, 3.63) is 65.5 Å². The van der Waals surface area contributed by atoms with Crippen molar-refractivity contribution < 1.29 is 9.13 Å². The topological polar surface area (TPSA) is 59.6 Å². The van der Waals surface area contributed by atoms with Gasteiger partial charge in [-0.1, -0.05) is 30.3 Å². The lowest BCUT2D eigenvalue weighted by atomic mass is 10.0. The molecule has 1 aliphatic heterocycles. The zero-order valence-corrected chi connectivity index (χ0v) is 13.3. The molecular weight excluding hydrogens is 305 g/mol. The van der Waals surface area contributed by atoms with E-state index >= 15 is 0 Å². The van der Waals surface area contributed by atoms with Gasteiger partial charge in [0.15, 0.2) is 5.96 Å². The number of halogens is 1. The highest BCUT2D eigenvalue weighted by molar-refractivity contribution is 5.79. The molecule has 3 N–H and O–H groups in total. The second kappa shape index (κ2) is 6.15. The van der Waals surface area contributed by atoms with Gasteiger partial charge in [0, 0.05) is 23.9 Å². The largest absolute Gasteiger partial charge is 0.493 e. The number of hydrogen-bond donors (Lipinski definition) is 2. The van der Waals surface area contributed by atoms with E-state index in [0.29, 0.717) is 18.5 Å². The summed E-state index contributed by atoms with van der Waals surface area (Å²) in [4.78, 5) is 4.63.